The number of rotatable bonds is 8. The molecule has 0 radical (unpaired) electrons. The molecule has 0 spiro atoms. The van der Waals surface area contributed by atoms with Gasteiger partial charge in [0.1, 0.15) is 0 Å². The maximum absolute atomic E-state index is 5.05. The van der Waals surface area contributed by atoms with Crippen LogP contribution in [-0.2, 0) is 4.74 Å². The van der Waals surface area contributed by atoms with Gasteiger partial charge in [0, 0.05) is 33.4 Å². The van der Waals surface area contributed by atoms with Crippen LogP contribution in [0.25, 0.3) is 0 Å². The Kier molecular flexibility index (Phi) is 9.47. The van der Waals surface area contributed by atoms with Crippen molar-refractivity contribution in [3.8, 4) is 0 Å². The normalized spacial score (nSPS) is 20.2. The SMILES string of the molecule is CCNC(=NCC1CC1c1ccccc1)NCCCOC.I. The standard InChI is InChI=1S/C17H27N3O.HI/c1-3-18-17(19-10-7-11-21-2)20-13-15-12-16(15)14-8-5-4-6-9-14;/h4-6,8-9,15-16H,3,7,10-13H2,1-2H3,(H2,18,19,20);1H. The van der Waals surface area contributed by atoms with Gasteiger partial charge in [-0.15, -0.1) is 24.0 Å². The van der Waals surface area contributed by atoms with E-state index in [-0.39, 0.29) is 24.0 Å². The largest absolute Gasteiger partial charge is 0.385 e. The van der Waals surface area contributed by atoms with Crippen molar-refractivity contribution < 1.29 is 4.74 Å². The van der Waals surface area contributed by atoms with Gasteiger partial charge < -0.3 is 15.4 Å². The zero-order chi connectivity index (χ0) is 14.9. The summed E-state index contributed by atoms with van der Waals surface area (Å²) in [5, 5.41) is 6.65. The van der Waals surface area contributed by atoms with Crippen molar-refractivity contribution in [1.82, 2.24) is 10.6 Å². The fraction of sp³-hybridized carbons (Fsp3) is 0.588. The predicted molar refractivity (Wildman–Crippen MR) is 103 cm³/mol. The Morgan fingerprint density at radius 3 is 2.73 bits per heavy atom. The van der Waals surface area contributed by atoms with Crippen molar-refractivity contribution in [3.63, 3.8) is 0 Å². The summed E-state index contributed by atoms with van der Waals surface area (Å²) in [5.41, 5.74) is 1.45. The van der Waals surface area contributed by atoms with Crippen LogP contribution < -0.4 is 10.6 Å². The molecule has 1 aromatic rings. The minimum atomic E-state index is 0. The lowest BCUT2D eigenvalue weighted by molar-refractivity contribution is 0.195. The number of methoxy groups -OCH3 is 1. The lowest BCUT2D eigenvalue weighted by Crippen LogP contribution is -2.38. The fourth-order valence-corrected chi connectivity index (χ4v) is 2.53. The Bertz CT molecular complexity index is 439. The molecule has 1 fully saturated rings. The van der Waals surface area contributed by atoms with E-state index in [9.17, 15) is 0 Å². The van der Waals surface area contributed by atoms with Gasteiger partial charge in [-0.2, -0.15) is 0 Å². The highest BCUT2D eigenvalue weighted by atomic mass is 127. The lowest BCUT2D eigenvalue weighted by Gasteiger charge is -2.10. The number of aliphatic imine (C=N–C) groups is 1. The third-order valence-corrected chi connectivity index (χ3v) is 3.80. The van der Waals surface area contributed by atoms with Gasteiger partial charge in [-0.25, -0.2) is 0 Å². The van der Waals surface area contributed by atoms with E-state index in [0.717, 1.165) is 38.6 Å². The van der Waals surface area contributed by atoms with Crippen molar-refractivity contribution in [2.75, 3.05) is 33.4 Å². The second-order valence-corrected chi connectivity index (χ2v) is 5.51. The number of halogens is 1. The molecule has 0 heterocycles. The first-order valence-corrected chi connectivity index (χ1v) is 7.91. The van der Waals surface area contributed by atoms with Crippen molar-refractivity contribution in [2.45, 2.75) is 25.7 Å². The molecule has 2 atom stereocenters. The Hall–Kier alpha value is -0.820. The minimum Gasteiger partial charge on any atom is -0.385 e. The van der Waals surface area contributed by atoms with Crippen molar-refractivity contribution in [2.24, 2.45) is 10.9 Å². The summed E-state index contributed by atoms with van der Waals surface area (Å²) in [6.45, 7) is 5.57. The van der Waals surface area contributed by atoms with Crippen molar-refractivity contribution in [3.05, 3.63) is 35.9 Å². The number of nitrogens with zero attached hydrogens (tertiary/aromatic N) is 1. The zero-order valence-electron chi connectivity index (χ0n) is 13.5. The van der Waals surface area contributed by atoms with Gasteiger partial charge in [0.15, 0.2) is 5.96 Å². The first-order valence-electron chi connectivity index (χ1n) is 7.91. The molecule has 4 nitrogen and oxygen atoms in total. The summed E-state index contributed by atoms with van der Waals surface area (Å²) in [7, 11) is 1.73. The average Bonchev–Trinajstić information content (AvgIpc) is 3.29. The molecule has 0 saturated heterocycles. The summed E-state index contributed by atoms with van der Waals surface area (Å²) in [5.74, 6) is 2.32. The van der Waals surface area contributed by atoms with Gasteiger partial charge in [0.25, 0.3) is 0 Å². The quantitative estimate of drug-likeness (QED) is 0.296. The smallest absolute Gasteiger partial charge is 0.191 e. The van der Waals surface area contributed by atoms with E-state index >= 15 is 0 Å². The highest BCUT2D eigenvalue weighted by molar-refractivity contribution is 14.0. The Balaban J connectivity index is 0.00000242. The van der Waals surface area contributed by atoms with Crippen LogP contribution >= 0.6 is 24.0 Å². The summed E-state index contributed by atoms with van der Waals surface area (Å²) >= 11 is 0. The Morgan fingerprint density at radius 1 is 1.27 bits per heavy atom. The van der Waals surface area contributed by atoms with E-state index in [0.29, 0.717) is 11.8 Å². The molecule has 1 aliphatic carbocycles. The van der Waals surface area contributed by atoms with E-state index in [1.54, 1.807) is 7.11 Å². The first kappa shape index (κ1) is 19.2. The lowest BCUT2D eigenvalue weighted by atomic mass is 10.1. The molecule has 2 N–H and O–H groups in total. The highest BCUT2D eigenvalue weighted by Crippen LogP contribution is 2.47. The van der Waals surface area contributed by atoms with Crippen LogP contribution in [0, 0.1) is 5.92 Å². The van der Waals surface area contributed by atoms with Crippen LogP contribution in [0.1, 0.15) is 31.2 Å². The third-order valence-electron chi connectivity index (χ3n) is 3.80. The molecule has 1 aliphatic rings. The molecule has 124 valence electrons. The number of hydrogen-bond acceptors (Lipinski definition) is 2. The molecular formula is C17H28IN3O. The molecule has 22 heavy (non-hydrogen) atoms. The van der Waals surface area contributed by atoms with Crippen LogP contribution in [0.15, 0.2) is 35.3 Å². The number of nitrogens with one attached hydrogen (secondary N) is 2. The molecule has 2 rings (SSSR count). The summed E-state index contributed by atoms with van der Waals surface area (Å²) < 4.78 is 5.05. The predicted octanol–water partition coefficient (Wildman–Crippen LogP) is 3.00. The van der Waals surface area contributed by atoms with Crippen LogP contribution in [0.2, 0.25) is 0 Å². The molecule has 5 heteroatoms. The third kappa shape index (κ3) is 6.52. The molecule has 0 aromatic heterocycles. The van der Waals surface area contributed by atoms with E-state index in [1.165, 1.54) is 12.0 Å². The van der Waals surface area contributed by atoms with E-state index in [2.05, 4.69) is 47.9 Å². The molecule has 0 bridgehead atoms. The number of benzene rings is 1. The molecule has 1 aromatic carbocycles. The first-order chi connectivity index (χ1) is 10.3. The van der Waals surface area contributed by atoms with Gasteiger partial charge in [0.05, 0.1) is 0 Å². The van der Waals surface area contributed by atoms with E-state index in [1.807, 2.05) is 0 Å². The average molecular weight is 417 g/mol. The fourth-order valence-electron chi connectivity index (χ4n) is 2.53. The molecular weight excluding hydrogens is 389 g/mol. The summed E-state index contributed by atoms with van der Waals surface area (Å²) in [4.78, 5) is 4.70. The monoisotopic (exact) mass is 417 g/mol. The maximum atomic E-state index is 5.05. The molecule has 1 saturated carbocycles. The highest BCUT2D eigenvalue weighted by Gasteiger charge is 2.37. The second-order valence-electron chi connectivity index (χ2n) is 5.51. The summed E-state index contributed by atoms with van der Waals surface area (Å²) in [6.07, 6.45) is 2.26. The number of ether oxygens (including phenoxy) is 1. The Labute approximate surface area is 151 Å². The summed E-state index contributed by atoms with van der Waals surface area (Å²) in [6, 6.07) is 10.8. The van der Waals surface area contributed by atoms with Gasteiger partial charge in [0.2, 0.25) is 0 Å². The molecule has 2 unspecified atom stereocenters. The molecule has 0 amide bonds. The van der Waals surface area contributed by atoms with Crippen LogP contribution in [0.5, 0.6) is 0 Å². The van der Waals surface area contributed by atoms with Gasteiger partial charge in [-0.05, 0) is 37.2 Å². The molecule has 0 aliphatic heterocycles. The van der Waals surface area contributed by atoms with Gasteiger partial charge in [-0.1, -0.05) is 30.3 Å². The second kappa shape index (κ2) is 10.8. The van der Waals surface area contributed by atoms with Crippen LogP contribution in [-0.4, -0.2) is 39.3 Å². The number of guanidine groups is 1. The maximum Gasteiger partial charge on any atom is 0.191 e. The topological polar surface area (TPSA) is 45.7 Å². The van der Waals surface area contributed by atoms with Crippen molar-refractivity contribution in [1.29, 1.82) is 0 Å². The van der Waals surface area contributed by atoms with Crippen LogP contribution in [0.3, 0.4) is 0 Å². The van der Waals surface area contributed by atoms with Gasteiger partial charge in [-0.3, -0.25) is 4.99 Å². The van der Waals surface area contributed by atoms with Gasteiger partial charge >= 0.3 is 0 Å². The Morgan fingerprint density at radius 2 is 2.05 bits per heavy atom. The van der Waals surface area contributed by atoms with Crippen molar-refractivity contribution >= 4 is 29.9 Å². The zero-order valence-corrected chi connectivity index (χ0v) is 15.9. The van der Waals surface area contributed by atoms with Crippen LogP contribution in [0.4, 0.5) is 0 Å². The van der Waals surface area contributed by atoms with E-state index < -0.39 is 0 Å². The minimum absolute atomic E-state index is 0. The van der Waals surface area contributed by atoms with E-state index in [4.69, 9.17) is 9.73 Å². The number of hydrogen-bond donors (Lipinski definition) is 2.